The van der Waals surface area contributed by atoms with Crippen molar-refractivity contribution in [3.05, 3.63) is 65.7 Å². The van der Waals surface area contributed by atoms with Crippen LogP contribution in [0.2, 0.25) is 0 Å². The third kappa shape index (κ3) is 7.99. The molecule has 0 aliphatic carbocycles. The number of ether oxygens (including phenoxy) is 2. The predicted molar refractivity (Wildman–Crippen MR) is 137 cm³/mol. The number of amides is 1. The van der Waals surface area contributed by atoms with Crippen molar-refractivity contribution >= 4 is 28.6 Å². The molecule has 1 fully saturated rings. The number of carbonyl (C=O) groups is 3. The molecule has 0 radical (unpaired) electrons. The van der Waals surface area contributed by atoms with Crippen LogP contribution in [0.3, 0.4) is 0 Å². The van der Waals surface area contributed by atoms with Gasteiger partial charge in [0.1, 0.15) is 28.9 Å². The molecular weight excluding hydrogens is 537 g/mol. The number of carboxylic acid groups (broad SMARTS) is 1. The van der Waals surface area contributed by atoms with Crippen molar-refractivity contribution in [2.45, 2.75) is 31.2 Å². The molecule has 214 valence electrons. The van der Waals surface area contributed by atoms with Gasteiger partial charge in [0.05, 0.1) is 13.2 Å². The number of alkyl halides is 3. The smallest absolute Gasteiger partial charge is 0.490 e. The molecule has 40 heavy (non-hydrogen) atoms. The van der Waals surface area contributed by atoms with E-state index >= 15 is 0 Å². The lowest BCUT2D eigenvalue weighted by molar-refractivity contribution is -0.192. The highest BCUT2D eigenvalue weighted by atomic mass is 19.4. The number of aromatic hydroxyl groups is 2. The molecular formula is C27H27F3N2O8. The van der Waals surface area contributed by atoms with Gasteiger partial charge in [-0.15, -0.1) is 0 Å². The number of phenols is 2. The fourth-order valence-corrected chi connectivity index (χ4v) is 3.96. The summed E-state index contributed by atoms with van der Waals surface area (Å²) in [6.45, 7) is 1.20. The molecule has 0 spiro atoms. The predicted octanol–water partition coefficient (Wildman–Crippen LogP) is 3.60. The normalized spacial score (nSPS) is 17.1. The first kappa shape index (κ1) is 30.0. The van der Waals surface area contributed by atoms with Gasteiger partial charge in [-0.2, -0.15) is 13.2 Å². The quantitative estimate of drug-likeness (QED) is 0.293. The Morgan fingerprint density at radius 2 is 1.62 bits per heavy atom. The number of halogens is 3. The molecule has 13 heteroatoms. The van der Waals surface area contributed by atoms with E-state index in [0.29, 0.717) is 29.7 Å². The van der Waals surface area contributed by atoms with E-state index in [0.717, 1.165) is 18.4 Å². The Hall–Kier alpha value is -4.52. The van der Waals surface area contributed by atoms with Crippen molar-refractivity contribution in [2.75, 3.05) is 20.2 Å². The second-order valence-electron chi connectivity index (χ2n) is 8.80. The molecule has 10 nitrogen and oxygen atoms in total. The van der Waals surface area contributed by atoms with Gasteiger partial charge < -0.3 is 35.4 Å². The van der Waals surface area contributed by atoms with Crippen molar-refractivity contribution in [3.8, 4) is 17.2 Å². The number of nitrogens with one attached hydrogen (secondary N) is 2. The standard InChI is InChI=1S/C25H26N2O6.C2HF3O2/c1-32-23-13-16-6-9-19(29)11-17(16)12-20(23)25(31)33-22-3-2-10-26-14-21(22)27-24(30)15-4-7-18(28)8-5-15;3-2(4,5)1(6)7/h4-9,11-13,21-22,26,28-29H,2-3,10,14H2,1H3,(H,27,30);(H,6,7)/t21-,22-;/m1./s1. The molecule has 0 saturated carbocycles. The van der Waals surface area contributed by atoms with E-state index in [1.165, 1.54) is 31.4 Å². The van der Waals surface area contributed by atoms with Crippen LogP contribution >= 0.6 is 0 Å². The highest BCUT2D eigenvalue weighted by Crippen LogP contribution is 2.29. The number of hydrogen-bond donors (Lipinski definition) is 5. The zero-order chi connectivity index (χ0) is 29.4. The fourth-order valence-electron chi connectivity index (χ4n) is 3.96. The highest BCUT2D eigenvalue weighted by molar-refractivity contribution is 5.99. The molecule has 0 bridgehead atoms. The number of benzene rings is 3. The molecule has 1 saturated heterocycles. The number of rotatable bonds is 5. The van der Waals surface area contributed by atoms with Crippen molar-refractivity contribution in [2.24, 2.45) is 0 Å². The van der Waals surface area contributed by atoms with Crippen LogP contribution in [0.4, 0.5) is 13.2 Å². The van der Waals surface area contributed by atoms with Crippen LogP contribution in [-0.2, 0) is 9.53 Å². The number of methoxy groups -OCH3 is 1. The minimum absolute atomic E-state index is 0.0761. The summed E-state index contributed by atoms with van der Waals surface area (Å²) in [5, 5.41) is 34.1. The number of esters is 1. The van der Waals surface area contributed by atoms with E-state index < -0.39 is 30.3 Å². The minimum atomic E-state index is -5.08. The van der Waals surface area contributed by atoms with Crippen LogP contribution in [0.1, 0.15) is 33.6 Å². The number of carboxylic acids is 1. The lowest BCUT2D eigenvalue weighted by Gasteiger charge is -2.26. The van der Waals surface area contributed by atoms with E-state index in [1.54, 1.807) is 30.3 Å². The third-order valence-corrected chi connectivity index (χ3v) is 5.96. The van der Waals surface area contributed by atoms with Gasteiger partial charge in [0.2, 0.25) is 0 Å². The van der Waals surface area contributed by atoms with E-state index in [4.69, 9.17) is 19.4 Å². The van der Waals surface area contributed by atoms with Gasteiger partial charge in [0.15, 0.2) is 0 Å². The van der Waals surface area contributed by atoms with Gasteiger partial charge in [0.25, 0.3) is 5.91 Å². The summed E-state index contributed by atoms with van der Waals surface area (Å²) in [6, 6.07) is 13.8. The Balaban J connectivity index is 0.000000559. The van der Waals surface area contributed by atoms with E-state index in [2.05, 4.69) is 10.6 Å². The molecule has 1 aliphatic rings. The number of aliphatic carboxylic acids is 1. The maximum Gasteiger partial charge on any atom is 0.490 e. The molecule has 1 amide bonds. The van der Waals surface area contributed by atoms with Crippen LogP contribution in [0, 0.1) is 0 Å². The molecule has 3 aromatic rings. The van der Waals surface area contributed by atoms with Gasteiger partial charge >= 0.3 is 18.1 Å². The third-order valence-electron chi connectivity index (χ3n) is 5.96. The number of hydrogen-bond acceptors (Lipinski definition) is 8. The molecule has 0 unspecified atom stereocenters. The second kappa shape index (κ2) is 13.0. The Morgan fingerprint density at radius 3 is 2.25 bits per heavy atom. The van der Waals surface area contributed by atoms with Crippen LogP contribution in [-0.4, -0.2) is 71.7 Å². The van der Waals surface area contributed by atoms with Gasteiger partial charge in [-0.3, -0.25) is 4.79 Å². The summed E-state index contributed by atoms with van der Waals surface area (Å²) in [5.41, 5.74) is 0.648. The van der Waals surface area contributed by atoms with E-state index in [1.807, 2.05) is 0 Å². The van der Waals surface area contributed by atoms with Gasteiger partial charge in [-0.1, -0.05) is 6.07 Å². The van der Waals surface area contributed by atoms with Crippen LogP contribution < -0.4 is 15.4 Å². The average molecular weight is 565 g/mol. The molecule has 1 aliphatic heterocycles. The maximum atomic E-state index is 13.1. The Kier molecular flexibility index (Phi) is 9.78. The molecule has 3 aromatic carbocycles. The van der Waals surface area contributed by atoms with Crippen molar-refractivity contribution in [1.29, 1.82) is 0 Å². The summed E-state index contributed by atoms with van der Waals surface area (Å²) >= 11 is 0. The average Bonchev–Trinajstić information content (AvgIpc) is 3.12. The largest absolute Gasteiger partial charge is 0.508 e. The molecule has 2 atom stereocenters. The van der Waals surface area contributed by atoms with Crippen LogP contribution in [0.15, 0.2) is 54.6 Å². The van der Waals surface area contributed by atoms with Gasteiger partial charge in [0, 0.05) is 12.1 Å². The minimum Gasteiger partial charge on any atom is -0.508 e. The zero-order valence-electron chi connectivity index (χ0n) is 21.2. The van der Waals surface area contributed by atoms with E-state index in [9.17, 15) is 33.0 Å². The first-order valence-electron chi connectivity index (χ1n) is 12.0. The summed E-state index contributed by atoms with van der Waals surface area (Å²) < 4.78 is 43.0. The van der Waals surface area contributed by atoms with Crippen LogP contribution in [0.5, 0.6) is 17.2 Å². The Morgan fingerprint density at radius 1 is 0.975 bits per heavy atom. The summed E-state index contributed by atoms with van der Waals surface area (Å²) in [7, 11) is 1.48. The van der Waals surface area contributed by atoms with Crippen molar-refractivity contribution < 1.29 is 52.3 Å². The summed E-state index contributed by atoms with van der Waals surface area (Å²) in [4.78, 5) is 34.8. The Labute approximate surface area is 226 Å². The second-order valence-corrected chi connectivity index (χ2v) is 8.80. The van der Waals surface area contributed by atoms with Gasteiger partial charge in [-0.25, -0.2) is 9.59 Å². The topological polar surface area (TPSA) is 154 Å². The monoisotopic (exact) mass is 564 g/mol. The summed E-state index contributed by atoms with van der Waals surface area (Å²) in [6.07, 6.45) is -4.26. The first-order valence-corrected chi connectivity index (χ1v) is 12.0. The van der Waals surface area contributed by atoms with Crippen molar-refractivity contribution in [1.82, 2.24) is 10.6 Å². The molecule has 0 aromatic heterocycles. The molecule has 1 heterocycles. The summed E-state index contributed by atoms with van der Waals surface area (Å²) in [5.74, 6) is -3.09. The van der Waals surface area contributed by atoms with Crippen LogP contribution in [0.25, 0.3) is 10.8 Å². The number of fused-ring (bicyclic) bond motifs is 1. The number of phenolic OH excluding ortho intramolecular Hbond substituents is 2. The van der Waals surface area contributed by atoms with E-state index in [-0.39, 0.29) is 23.0 Å². The lowest BCUT2D eigenvalue weighted by Crippen LogP contribution is -2.49. The first-order chi connectivity index (χ1) is 18.9. The SMILES string of the molecule is COc1cc2ccc(O)cc2cc1C(=O)O[C@@H]1CCCNC[C@H]1NC(=O)c1ccc(O)cc1.O=C(O)C(F)(F)F. The maximum absolute atomic E-state index is 13.1. The lowest BCUT2D eigenvalue weighted by atomic mass is 10.0. The van der Waals surface area contributed by atoms with Crippen molar-refractivity contribution in [3.63, 3.8) is 0 Å². The number of carbonyl (C=O) groups excluding carboxylic acids is 2. The molecule has 4 rings (SSSR count). The van der Waals surface area contributed by atoms with Gasteiger partial charge in [-0.05, 0) is 78.7 Å². The fraction of sp³-hybridized carbons (Fsp3) is 0.296. The molecule has 5 N–H and O–H groups in total. The highest BCUT2D eigenvalue weighted by Gasteiger charge is 2.38. The Bertz CT molecular complexity index is 1360. The zero-order valence-corrected chi connectivity index (χ0v) is 21.2.